The predicted octanol–water partition coefficient (Wildman–Crippen LogP) is 1.44. The van der Waals surface area contributed by atoms with Crippen molar-refractivity contribution in [2.75, 3.05) is 0 Å². The van der Waals surface area contributed by atoms with Crippen LogP contribution in [0, 0.1) is 11.7 Å². The number of nitrogens with one attached hydrogen (secondary N) is 1. The highest BCUT2D eigenvalue weighted by molar-refractivity contribution is 5.86. The van der Waals surface area contributed by atoms with Gasteiger partial charge in [0.25, 0.3) is 0 Å². The van der Waals surface area contributed by atoms with E-state index in [1.54, 1.807) is 12.1 Å². The summed E-state index contributed by atoms with van der Waals surface area (Å²) in [5.74, 6) is -1.96. The highest BCUT2D eigenvalue weighted by Gasteiger charge is 2.23. The number of aliphatic carboxylic acids is 1. The Balaban J connectivity index is 2.80. The molecule has 110 valence electrons. The minimum absolute atomic E-state index is 0.0569. The fourth-order valence-corrected chi connectivity index (χ4v) is 1.85. The molecule has 2 unspecified atom stereocenters. The Bertz CT molecular complexity index is 474. The molecule has 0 aromatic heterocycles. The lowest BCUT2D eigenvalue weighted by Gasteiger charge is -2.24. The summed E-state index contributed by atoms with van der Waals surface area (Å²) in [6.45, 7) is 3.80. The van der Waals surface area contributed by atoms with Crippen LogP contribution in [-0.4, -0.2) is 23.0 Å². The van der Waals surface area contributed by atoms with E-state index < -0.39 is 24.3 Å². The highest BCUT2D eigenvalue weighted by atomic mass is 19.1. The Kier molecular flexibility index (Phi) is 5.64. The number of benzene rings is 1. The molecule has 1 amide bonds. The van der Waals surface area contributed by atoms with E-state index in [1.807, 2.05) is 13.8 Å². The van der Waals surface area contributed by atoms with Crippen molar-refractivity contribution in [1.82, 2.24) is 5.32 Å². The van der Waals surface area contributed by atoms with Crippen LogP contribution in [0.5, 0.6) is 0 Å². The number of nitrogens with two attached hydrogens (primary N) is 1. The molecule has 1 aromatic rings. The van der Waals surface area contributed by atoms with E-state index in [9.17, 15) is 14.0 Å². The highest BCUT2D eigenvalue weighted by Crippen LogP contribution is 2.22. The Labute approximate surface area is 117 Å². The summed E-state index contributed by atoms with van der Waals surface area (Å²) in [5.41, 5.74) is 6.26. The van der Waals surface area contributed by atoms with E-state index in [0.29, 0.717) is 0 Å². The number of rotatable bonds is 6. The lowest BCUT2D eigenvalue weighted by Crippen LogP contribution is -2.44. The molecule has 0 saturated carbocycles. The summed E-state index contributed by atoms with van der Waals surface area (Å²) in [4.78, 5) is 22.4. The van der Waals surface area contributed by atoms with Gasteiger partial charge in [0.15, 0.2) is 0 Å². The maximum Gasteiger partial charge on any atom is 0.305 e. The molecule has 2 atom stereocenters. The Morgan fingerprint density at radius 1 is 1.30 bits per heavy atom. The van der Waals surface area contributed by atoms with E-state index in [0.717, 1.165) is 5.56 Å². The lowest BCUT2D eigenvalue weighted by molar-refractivity contribution is -0.139. The standard InChI is InChI=1S/C14H19FN2O3/c1-8(2)13(9-3-5-10(15)6-4-9)17-14(20)11(16)7-12(18)19/h3-6,8,11,13H,7,16H2,1-2H3,(H,17,20)(H,18,19). The number of carbonyl (C=O) groups is 2. The van der Waals surface area contributed by atoms with Crippen LogP contribution in [0.1, 0.15) is 31.9 Å². The van der Waals surface area contributed by atoms with Crippen LogP contribution < -0.4 is 11.1 Å². The summed E-state index contributed by atoms with van der Waals surface area (Å²) in [7, 11) is 0. The Morgan fingerprint density at radius 2 is 1.85 bits per heavy atom. The van der Waals surface area contributed by atoms with Gasteiger partial charge in [-0.05, 0) is 23.6 Å². The molecule has 1 aromatic carbocycles. The predicted molar refractivity (Wildman–Crippen MR) is 72.3 cm³/mol. The van der Waals surface area contributed by atoms with Gasteiger partial charge in [0.1, 0.15) is 5.82 Å². The van der Waals surface area contributed by atoms with Gasteiger partial charge in [-0.2, -0.15) is 0 Å². The third-order valence-corrected chi connectivity index (χ3v) is 2.92. The quantitative estimate of drug-likeness (QED) is 0.736. The molecular weight excluding hydrogens is 263 g/mol. The second-order valence-electron chi connectivity index (χ2n) is 4.99. The lowest BCUT2D eigenvalue weighted by atomic mass is 9.95. The summed E-state index contributed by atoms with van der Waals surface area (Å²) < 4.78 is 12.9. The van der Waals surface area contributed by atoms with Gasteiger partial charge >= 0.3 is 5.97 Å². The first-order valence-corrected chi connectivity index (χ1v) is 6.34. The Hall–Kier alpha value is -1.95. The normalized spacial score (nSPS) is 13.8. The second-order valence-corrected chi connectivity index (χ2v) is 4.99. The van der Waals surface area contributed by atoms with Crippen molar-refractivity contribution in [2.24, 2.45) is 11.7 Å². The average Bonchev–Trinajstić information content (AvgIpc) is 2.35. The van der Waals surface area contributed by atoms with Crippen LogP contribution in [0.25, 0.3) is 0 Å². The summed E-state index contributed by atoms with van der Waals surface area (Å²) in [5, 5.41) is 11.3. The molecule has 0 radical (unpaired) electrons. The zero-order valence-electron chi connectivity index (χ0n) is 11.5. The summed E-state index contributed by atoms with van der Waals surface area (Å²) in [6.07, 6.45) is -0.430. The first-order valence-electron chi connectivity index (χ1n) is 6.34. The van der Waals surface area contributed by atoms with Crippen LogP contribution in [-0.2, 0) is 9.59 Å². The largest absolute Gasteiger partial charge is 0.481 e. The molecule has 0 aliphatic heterocycles. The number of hydrogen-bond acceptors (Lipinski definition) is 3. The van der Waals surface area contributed by atoms with Crippen molar-refractivity contribution in [3.05, 3.63) is 35.6 Å². The molecule has 1 rings (SSSR count). The number of carboxylic acids is 1. The smallest absolute Gasteiger partial charge is 0.305 e. The van der Waals surface area contributed by atoms with Gasteiger partial charge in [-0.15, -0.1) is 0 Å². The molecule has 0 bridgehead atoms. The average molecular weight is 282 g/mol. The van der Waals surface area contributed by atoms with Crippen LogP contribution in [0.2, 0.25) is 0 Å². The second kappa shape index (κ2) is 7.00. The van der Waals surface area contributed by atoms with E-state index in [2.05, 4.69) is 5.32 Å². The number of amides is 1. The summed E-state index contributed by atoms with van der Waals surface area (Å²) in [6, 6.07) is 4.35. The fourth-order valence-electron chi connectivity index (χ4n) is 1.85. The van der Waals surface area contributed by atoms with Crippen molar-refractivity contribution in [3.63, 3.8) is 0 Å². The van der Waals surface area contributed by atoms with Crippen molar-refractivity contribution in [1.29, 1.82) is 0 Å². The molecule has 0 aliphatic rings. The van der Waals surface area contributed by atoms with Crippen LogP contribution in [0.15, 0.2) is 24.3 Å². The third-order valence-electron chi connectivity index (χ3n) is 2.92. The van der Waals surface area contributed by atoms with Gasteiger partial charge in [-0.1, -0.05) is 26.0 Å². The first kappa shape index (κ1) is 16.1. The van der Waals surface area contributed by atoms with Crippen molar-refractivity contribution in [3.8, 4) is 0 Å². The maximum atomic E-state index is 12.9. The van der Waals surface area contributed by atoms with Crippen molar-refractivity contribution < 1.29 is 19.1 Å². The summed E-state index contributed by atoms with van der Waals surface area (Å²) >= 11 is 0. The SMILES string of the molecule is CC(C)C(NC(=O)C(N)CC(=O)O)c1ccc(F)cc1. The molecular formula is C14H19FN2O3. The van der Waals surface area contributed by atoms with Crippen molar-refractivity contribution >= 4 is 11.9 Å². The van der Waals surface area contributed by atoms with Crippen LogP contribution in [0.3, 0.4) is 0 Å². The monoisotopic (exact) mass is 282 g/mol. The molecule has 0 saturated heterocycles. The van der Waals surface area contributed by atoms with Crippen molar-refractivity contribution in [2.45, 2.75) is 32.4 Å². The van der Waals surface area contributed by atoms with E-state index in [4.69, 9.17) is 10.8 Å². The number of halogens is 1. The molecule has 5 nitrogen and oxygen atoms in total. The molecule has 20 heavy (non-hydrogen) atoms. The fraction of sp³-hybridized carbons (Fsp3) is 0.429. The van der Waals surface area contributed by atoms with Gasteiger partial charge in [-0.3, -0.25) is 9.59 Å². The zero-order chi connectivity index (χ0) is 15.3. The minimum Gasteiger partial charge on any atom is -0.481 e. The van der Waals surface area contributed by atoms with Gasteiger partial charge in [0.2, 0.25) is 5.91 Å². The number of carbonyl (C=O) groups excluding carboxylic acids is 1. The molecule has 6 heteroatoms. The minimum atomic E-state index is -1.13. The van der Waals surface area contributed by atoms with E-state index >= 15 is 0 Å². The molecule has 0 fully saturated rings. The molecule has 0 aliphatic carbocycles. The third kappa shape index (κ3) is 4.62. The zero-order valence-corrected chi connectivity index (χ0v) is 11.5. The molecule has 0 heterocycles. The van der Waals surface area contributed by atoms with E-state index in [1.165, 1.54) is 12.1 Å². The van der Waals surface area contributed by atoms with Crippen LogP contribution >= 0.6 is 0 Å². The van der Waals surface area contributed by atoms with Crippen LogP contribution in [0.4, 0.5) is 4.39 Å². The Morgan fingerprint density at radius 3 is 2.30 bits per heavy atom. The van der Waals surface area contributed by atoms with Gasteiger partial charge in [0, 0.05) is 0 Å². The maximum absolute atomic E-state index is 12.9. The van der Waals surface area contributed by atoms with Gasteiger partial charge in [0.05, 0.1) is 18.5 Å². The van der Waals surface area contributed by atoms with Gasteiger partial charge in [-0.25, -0.2) is 4.39 Å². The molecule has 4 N–H and O–H groups in total. The number of carboxylic acid groups (broad SMARTS) is 1. The van der Waals surface area contributed by atoms with E-state index in [-0.39, 0.29) is 17.8 Å². The van der Waals surface area contributed by atoms with Gasteiger partial charge < -0.3 is 16.2 Å². The number of hydrogen-bond donors (Lipinski definition) is 3. The molecule has 0 spiro atoms. The topological polar surface area (TPSA) is 92.4 Å². The first-order chi connectivity index (χ1) is 9.31.